The summed E-state index contributed by atoms with van der Waals surface area (Å²) in [5.74, 6) is 1.36. The Morgan fingerprint density at radius 2 is 2.08 bits per heavy atom. The van der Waals surface area contributed by atoms with E-state index in [2.05, 4.69) is 60.7 Å². The Hall–Kier alpha value is -1.60. The summed E-state index contributed by atoms with van der Waals surface area (Å²) < 4.78 is 8.17. The number of rotatable bonds is 3. The summed E-state index contributed by atoms with van der Waals surface area (Å²) >= 11 is 3.88. The van der Waals surface area contributed by atoms with Crippen molar-refractivity contribution in [3.05, 3.63) is 45.5 Å². The lowest BCUT2D eigenvalue weighted by molar-refractivity contribution is 0.630. The molecule has 0 bridgehead atoms. The lowest BCUT2D eigenvalue weighted by Gasteiger charge is -2.07. The molecule has 5 heteroatoms. The van der Waals surface area contributed by atoms with E-state index in [1.54, 1.807) is 11.3 Å². The molecule has 122 valence electrons. The number of hydrogen-bond donors (Lipinski definition) is 1. The summed E-state index contributed by atoms with van der Waals surface area (Å²) in [5, 5.41) is 2.01. The van der Waals surface area contributed by atoms with Crippen LogP contribution >= 0.6 is 33.9 Å². The van der Waals surface area contributed by atoms with Gasteiger partial charge in [-0.25, -0.2) is 4.98 Å². The first-order valence-corrected chi connectivity index (χ1v) is 9.84. The fraction of sp³-hybridized carbons (Fsp3) is 0.211. The molecule has 1 unspecified atom stereocenters. The van der Waals surface area contributed by atoms with Crippen LogP contribution in [0.4, 0.5) is 5.69 Å². The van der Waals surface area contributed by atoms with E-state index in [9.17, 15) is 0 Å². The minimum absolute atomic E-state index is 0.552. The molecular weight excluding hydrogens is 431 g/mol. The number of nitrogen functional groups attached to an aromatic ring is 1. The van der Waals surface area contributed by atoms with Gasteiger partial charge >= 0.3 is 0 Å². The predicted octanol–water partition coefficient (Wildman–Crippen LogP) is 6.41. The highest BCUT2D eigenvalue weighted by Crippen LogP contribution is 2.38. The van der Waals surface area contributed by atoms with Crippen LogP contribution in [0.15, 0.2) is 40.8 Å². The van der Waals surface area contributed by atoms with Gasteiger partial charge < -0.3 is 10.2 Å². The zero-order valence-corrected chi connectivity index (χ0v) is 16.4. The Kier molecular flexibility index (Phi) is 4.00. The maximum atomic E-state index is 6.10. The van der Waals surface area contributed by atoms with Crippen LogP contribution in [0, 0.1) is 3.57 Å². The highest BCUT2D eigenvalue weighted by molar-refractivity contribution is 14.1. The van der Waals surface area contributed by atoms with Crippen molar-refractivity contribution in [1.29, 1.82) is 0 Å². The number of thiazole rings is 1. The maximum Gasteiger partial charge on any atom is 0.164 e. The van der Waals surface area contributed by atoms with Gasteiger partial charge in [-0.2, -0.15) is 0 Å². The average Bonchev–Trinajstić information content (AvgIpc) is 3.21. The molecule has 0 aliphatic rings. The zero-order chi connectivity index (χ0) is 16.8. The molecule has 0 aliphatic heterocycles. The van der Waals surface area contributed by atoms with Gasteiger partial charge in [0.25, 0.3) is 0 Å². The van der Waals surface area contributed by atoms with Crippen molar-refractivity contribution in [3.8, 4) is 10.8 Å². The highest BCUT2D eigenvalue weighted by atomic mass is 127. The van der Waals surface area contributed by atoms with Crippen molar-refractivity contribution in [2.45, 2.75) is 26.2 Å². The molecule has 2 aromatic heterocycles. The lowest BCUT2D eigenvalue weighted by atomic mass is 9.98. The number of aromatic nitrogens is 1. The van der Waals surface area contributed by atoms with E-state index in [4.69, 9.17) is 15.1 Å². The summed E-state index contributed by atoms with van der Waals surface area (Å²) in [5.41, 5.74) is 10.1. The molecule has 4 rings (SSSR count). The number of benzene rings is 2. The standard InChI is InChI=1S/C19H17IN2OS/c1-3-10(2)11-4-7-15-12(8-11)9-16(23-15)19-22-17-13(20)5-6-14(21)18(17)24-19/h4-10H,3,21H2,1-2H3. The fourth-order valence-electron chi connectivity index (χ4n) is 2.81. The first-order chi connectivity index (χ1) is 11.6. The van der Waals surface area contributed by atoms with Gasteiger partial charge in [0.2, 0.25) is 0 Å². The topological polar surface area (TPSA) is 52.0 Å². The molecule has 2 heterocycles. The number of anilines is 1. The van der Waals surface area contributed by atoms with E-state index < -0.39 is 0 Å². The molecule has 0 saturated carbocycles. The summed E-state index contributed by atoms with van der Waals surface area (Å²) in [4.78, 5) is 4.75. The average molecular weight is 448 g/mol. The van der Waals surface area contributed by atoms with Gasteiger partial charge in [-0.3, -0.25) is 0 Å². The highest BCUT2D eigenvalue weighted by Gasteiger charge is 2.15. The summed E-state index contributed by atoms with van der Waals surface area (Å²) in [6.45, 7) is 4.46. The molecular formula is C19H17IN2OS. The molecule has 0 aliphatic carbocycles. The van der Waals surface area contributed by atoms with Gasteiger partial charge in [-0.1, -0.05) is 19.9 Å². The van der Waals surface area contributed by atoms with Crippen LogP contribution in [-0.4, -0.2) is 4.98 Å². The van der Waals surface area contributed by atoms with Crippen molar-refractivity contribution >= 4 is 60.8 Å². The molecule has 0 radical (unpaired) electrons. The second-order valence-electron chi connectivity index (χ2n) is 6.05. The lowest BCUT2D eigenvalue weighted by Crippen LogP contribution is -1.89. The molecule has 0 spiro atoms. The van der Waals surface area contributed by atoms with Crippen molar-refractivity contribution in [2.24, 2.45) is 0 Å². The van der Waals surface area contributed by atoms with E-state index in [-0.39, 0.29) is 0 Å². The van der Waals surface area contributed by atoms with Gasteiger partial charge in [0.1, 0.15) is 5.58 Å². The Morgan fingerprint density at radius 1 is 1.25 bits per heavy atom. The third-order valence-electron chi connectivity index (χ3n) is 4.46. The molecule has 1 atom stereocenters. The van der Waals surface area contributed by atoms with Crippen LogP contribution in [0.25, 0.3) is 32.0 Å². The number of hydrogen-bond acceptors (Lipinski definition) is 4. The first-order valence-electron chi connectivity index (χ1n) is 7.95. The minimum Gasteiger partial charge on any atom is -0.454 e. The van der Waals surface area contributed by atoms with Crippen molar-refractivity contribution in [2.75, 3.05) is 5.73 Å². The maximum absolute atomic E-state index is 6.10. The van der Waals surface area contributed by atoms with E-state index in [1.165, 1.54) is 5.56 Å². The van der Waals surface area contributed by atoms with Crippen LogP contribution in [0.1, 0.15) is 31.7 Å². The van der Waals surface area contributed by atoms with Crippen LogP contribution < -0.4 is 5.73 Å². The third-order valence-corrected chi connectivity index (χ3v) is 6.45. The smallest absolute Gasteiger partial charge is 0.164 e. The monoisotopic (exact) mass is 448 g/mol. The quantitative estimate of drug-likeness (QED) is 0.291. The molecule has 0 saturated heterocycles. The van der Waals surface area contributed by atoms with Crippen LogP contribution in [0.5, 0.6) is 0 Å². The van der Waals surface area contributed by atoms with E-state index in [0.717, 1.165) is 47.6 Å². The molecule has 2 N–H and O–H groups in total. The van der Waals surface area contributed by atoms with Crippen LogP contribution in [0.3, 0.4) is 0 Å². The Bertz CT molecular complexity index is 1010. The SMILES string of the molecule is CCC(C)c1ccc2oc(-c3nc4c(I)ccc(N)c4s3)cc2c1. The summed E-state index contributed by atoms with van der Waals surface area (Å²) in [6.07, 6.45) is 1.13. The number of nitrogens with zero attached hydrogens (tertiary/aromatic N) is 1. The van der Waals surface area contributed by atoms with Gasteiger partial charge in [-0.15, -0.1) is 11.3 Å². The summed E-state index contributed by atoms with van der Waals surface area (Å²) in [7, 11) is 0. The van der Waals surface area contributed by atoms with Gasteiger partial charge in [0.15, 0.2) is 10.8 Å². The second kappa shape index (κ2) is 6.04. The largest absolute Gasteiger partial charge is 0.454 e. The second-order valence-corrected chi connectivity index (χ2v) is 8.21. The van der Waals surface area contributed by atoms with E-state index in [1.807, 2.05) is 12.1 Å². The normalized spacial score (nSPS) is 13.0. The number of fused-ring (bicyclic) bond motifs is 2. The van der Waals surface area contributed by atoms with E-state index in [0.29, 0.717) is 5.92 Å². The molecule has 2 aromatic carbocycles. The number of furan rings is 1. The predicted molar refractivity (Wildman–Crippen MR) is 111 cm³/mol. The minimum atomic E-state index is 0.552. The number of halogens is 1. The van der Waals surface area contributed by atoms with Gasteiger partial charge in [0.05, 0.1) is 15.9 Å². The van der Waals surface area contributed by atoms with Crippen molar-refractivity contribution < 1.29 is 4.42 Å². The van der Waals surface area contributed by atoms with Gasteiger partial charge in [0, 0.05) is 8.96 Å². The molecule has 3 nitrogen and oxygen atoms in total. The fourth-order valence-corrected chi connectivity index (χ4v) is 4.53. The van der Waals surface area contributed by atoms with E-state index >= 15 is 0 Å². The molecule has 24 heavy (non-hydrogen) atoms. The Labute approximate surface area is 158 Å². The summed E-state index contributed by atoms with van der Waals surface area (Å²) in [6, 6.07) is 12.5. The van der Waals surface area contributed by atoms with Crippen molar-refractivity contribution in [1.82, 2.24) is 4.98 Å². The number of nitrogens with two attached hydrogens (primary N) is 1. The van der Waals surface area contributed by atoms with Gasteiger partial charge in [-0.05, 0) is 70.8 Å². The molecule has 0 fully saturated rings. The Morgan fingerprint density at radius 3 is 2.83 bits per heavy atom. The molecule has 0 amide bonds. The van der Waals surface area contributed by atoms with Crippen LogP contribution in [0.2, 0.25) is 0 Å². The zero-order valence-electron chi connectivity index (χ0n) is 13.5. The first kappa shape index (κ1) is 15.9. The van der Waals surface area contributed by atoms with Crippen LogP contribution in [-0.2, 0) is 0 Å². The Balaban J connectivity index is 1.84. The third kappa shape index (κ3) is 2.59. The van der Waals surface area contributed by atoms with Crippen molar-refractivity contribution in [3.63, 3.8) is 0 Å². The molecule has 4 aromatic rings.